The summed E-state index contributed by atoms with van der Waals surface area (Å²) in [6, 6.07) is 0. The van der Waals surface area contributed by atoms with E-state index in [2.05, 4.69) is 0 Å². The van der Waals surface area contributed by atoms with Crippen LogP contribution in [0.15, 0.2) is 0 Å². The number of hydrogen-bond acceptors (Lipinski definition) is 3. The third kappa shape index (κ3) is 4.80. The molecule has 2 N–H and O–H groups in total. The van der Waals surface area contributed by atoms with Crippen molar-refractivity contribution < 1.29 is 18.1 Å². The van der Waals surface area contributed by atoms with Gasteiger partial charge in [-0.2, -0.15) is 8.42 Å². The Bertz CT molecular complexity index is 291. The highest BCUT2D eigenvalue weighted by Gasteiger charge is 2.30. The third-order valence-electron chi connectivity index (χ3n) is 3.61. The van der Waals surface area contributed by atoms with Crippen molar-refractivity contribution in [2.24, 2.45) is 5.41 Å². The van der Waals surface area contributed by atoms with Crippen LogP contribution in [0.25, 0.3) is 0 Å². The number of rotatable bonds is 6. The van der Waals surface area contributed by atoms with Crippen LogP contribution in [0, 0.1) is 5.41 Å². The molecule has 0 unspecified atom stereocenters. The molecule has 0 aromatic heterocycles. The average Bonchev–Trinajstić information content (AvgIpc) is 2.25. The summed E-state index contributed by atoms with van der Waals surface area (Å²) in [5.41, 5.74) is 0.0253. The smallest absolute Gasteiger partial charge is 0.264 e. The van der Waals surface area contributed by atoms with Crippen molar-refractivity contribution in [3.05, 3.63) is 0 Å². The zero-order valence-corrected chi connectivity index (χ0v) is 10.5. The first-order valence-electron chi connectivity index (χ1n) is 6.04. The van der Waals surface area contributed by atoms with Gasteiger partial charge in [-0.05, 0) is 31.1 Å². The van der Waals surface area contributed by atoms with Gasteiger partial charge >= 0.3 is 0 Å². The van der Waals surface area contributed by atoms with Crippen LogP contribution in [0.2, 0.25) is 0 Å². The first-order chi connectivity index (χ1) is 7.47. The number of hydrogen-bond donors (Lipinski definition) is 2. The van der Waals surface area contributed by atoms with Crippen LogP contribution in [-0.2, 0) is 10.1 Å². The molecule has 0 atom stereocenters. The monoisotopic (exact) mass is 250 g/mol. The summed E-state index contributed by atoms with van der Waals surface area (Å²) in [6.45, 7) is 0.207. The van der Waals surface area contributed by atoms with Crippen LogP contribution in [-0.4, -0.2) is 30.4 Å². The quantitative estimate of drug-likeness (QED) is 0.558. The fourth-order valence-corrected chi connectivity index (χ4v) is 3.14. The summed E-state index contributed by atoms with van der Waals surface area (Å²) < 4.78 is 29.7. The molecule has 0 aromatic rings. The topological polar surface area (TPSA) is 74.6 Å². The second-order valence-electron chi connectivity index (χ2n) is 4.96. The predicted molar refractivity (Wildman–Crippen MR) is 62.9 cm³/mol. The maximum absolute atomic E-state index is 10.5. The van der Waals surface area contributed by atoms with Crippen molar-refractivity contribution in [2.75, 3.05) is 12.4 Å². The Morgan fingerprint density at radius 1 is 1.06 bits per heavy atom. The Kier molecular flexibility index (Phi) is 5.21. The van der Waals surface area contributed by atoms with Crippen molar-refractivity contribution in [3.63, 3.8) is 0 Å². The van der Waals surface area contributed by atoms with Gasteiger partial charge in [-0.1, -0.05) is 25.7 Å². The van der Waals surface area contributed by atoms with Crippen LogP contribution in [0.1, 0.15) is 51.4 Å². The van der Waals surface area contributed by atoms with Gasteiger partial charge in [0, 0.05) is 6.61 Å². The Morgan fingerprint density at radius 3 is 2.19 bits per heavy atom. The fraction of sp³-hybridized carbons (Fsp3) is 1.00. The van der Waals surface area contributed by atoms with Gasteiger partial charge in [-0.25, -0.2) is 0 Å². The maximum Gasteiger partial charge on any atom is 0.264 e. The highest BCUT2D eigenvalue weighted by molar-refractivity contribution is 7.85. The van der Waals surface area contributed by atoms with Gasteiger partial charge < -0.3 is 5.11 Å². The van der Waals surface area contributed by atoms with Crippen LogP contribution >= 0.6 is 0 Å². The van der Waals surface area contributed by atoms with E-state index in [1.54, 1.807) is 0 Å². The zero-order chi connectivity index (χ0) is 12.1. The average molecular weight is 250 g/mol. The first-order valence-corrected chi connectivity index (χ1v) is 7.64. The lowest BCUT2D eigenvalue weighted by atomic mass is 9.71. The lowest BCUT2D eigenvalue weighted by molar-refractivity contribution is 0.0712. The van der Waals surface area contributed by atoms with E-state index < -0.39 is 10.1 Å². The SMILES string of the molecule is O=S(=O)(O)CCCCC1(CO)CCCCC1. The molecule has 0 aliphatic heterocycles. The van der Waals surface area contributed by atoms with Gasteiger partial charge in [0.15, 0.2) is 0 Å². The van der Waals surface area contributed by atoms with E-state index in [9.17, 15) is 13.5 Å². The Balaban J connectivity index is 2.28. The summed E-state index contributed by atoms with van der Waals surface area (Å²) in [7, 11) is -3.82. The summed E-state index contributed by atoms with van der Waals surface area (Å²) in [5, 5.41) is 9.43. The molecule has 1 aliphatic rings. The molecule has 1 saturated carbocycles. The first kappa shape index (κ1) is 13.9. The molecule has 1 rings (SSSR count). The van der Waals surface area contributed by atoms with E-state index in [4.69, 9.17) is 4.55 Å². The maximum atomic E-state index is 10.5. The number of unbranched alkanes of at least 4 members (excludes halogenated alkanes) is 1. The van der Waals surface area contributed by atoms with Gasteiger partial charge in [0.2, 0.25) is 0 Å². The minimum absolute atomic E-state index is 0.0253. The lowest BCUT2D eigenvalue weighted by Crippen LogP contribution is -2.28. The molecule has 0 spiro atoms. The number of aliphatic hydroxyl groups is 1. The van der Waals surface area contributed by atoms with Gasteiger partial charge in [0.1, 0.15) is 0 Å². The van der Waals surface area contributed by atoms with Crippen LogP contribution in [0.5, 0.6) is 0 Å². The molecular weight excluding hydrogens is 228 g/mol. The van der Waals surface area contributed by atoms with E-state index >= 15 is 0 Å². The predicted octanol–water partition coefficient (Wildman–Crippen LogP) is 1.99. The molecule has 5 heteroatoms. The van der Waals surface area contributed by atoms with E-state index in [0.29, 0.717) is 6.42 Å². The van der Waals surface area contributed by atoms with Crippen LogP contribution < -0.4 is 0 Å². The summed E-state index contributed by atoms with van der Waals surface area (Å²) in [6.07, 6.45) is 7.80. The molecule has 0 aromatic carbocycles. The van der Waals surface area contributed by atoms with Crippen molar-refractivity contribution in [3.8, 4) is 0 Å². The largest absolute Gasteiger partial charge is 0.396 e. The van der Waals surface area contributed by atoms with Crippen LogP contribution in [0.4, 0.5) is 0 Å². The molecule has 0 amide bonds. The minimum atomic E-state index is -3.82. The van der Waals surface area contributed by atoms with Crippen molar-refractivity contribution >= 4 is 10.1 Å². The second-order valence-corrected chi connectivity index (χ2v) is 6.53. The second kappa shape index (κ2) is 5.98. The molecule has 0 bridgehead atoms. The zero-order valence-electron chi connectivity index (χ0n) is 9.69. The normalized spacial score (nSPS) is 20.9. The molecule has 1 fully saturated rings. The molecule has 0 heterocycles. The molecule has 1 aliphatic carbocycles. The van der Waals surface area contributed by atoms with E-state index in [0.717, 1.165) is 25.7 Å². The molecule has 0 saturated heterocycles. The van der Waals surface area contributed by atoms with Gasteiger partial charge in [0.05, 0.1) is 5.75 Å². The Hall–Kier alpha value is -0.130. The van der Waals surface area contributed by atoms with Crippen molar-refractivity contribution in [2.45, 2.75) is 51.4 Å². The van der Waals surface area contributed by atoms with E-state index in [1.165, 1.54) is 19.3 Å². The molecule has 16 heavy (non-hydrogen) atoms. The van der Waals surface area contributed by atoms with E-state index in [-0.39, 0.29) is 17.8 Å². The summed E-state index contributed by atoms with van der Waals surface area (Å²) in [4.78, 5) is 0. The molecular formula is C11H22O4S. The number of aliphatic hydroxyl groups excluding tert-OH is 1. The minimum Gasteiger partial charge on any atom is -0.396 e. The highest BCUT2D eigenvalue weighted by atomic mass is 32.2. The van der Waals surface area contributed by atoms with Crippen molar-refractivity contribution in [1.29, 1.82) is 0 Å². The highest BCUT2D eigenvalue weighted by Crippen LogP contribution is 2.39. The third-order valence-corrected chi connectivity index (χ3v) is 4.41. The molecule has 96 valence electrons. The van der Waals surface area contributed by atoms with Crippen LogP contribution in [0.3, 0.4) is 0 Å². The Labute approximate surface area is 97.8 Å². The van der Waals surface area contributed by atoms with Crippen molar-refractivity contribution in [1.82, 2.24) is 0 Å². The lowest BCUT2D eigenvalue weighted by Gasteiger charge is -2.35. The molecule has 4 nitrogen and oxygen atoms in total. The van der Waals surface area contributed by atoms with Gasteiger partial charge in [-0.3, -0.25) is 4.55 Å². The van der Waals surface area contributed by atoms with E-state index in [1.807, 2.05) is 0 Å². The molecule has 0 radical (unpaired) electrons. The summed E-state index contributed by atoms with van der Waals surface area (Å²) >= 11 is 0. The standard InChI is InChI=1S/C11H22O4S/c12-10-11(6-2-1-3-7-11)8-4-5-9-16(13,14)15/h12H,1-10H2,(H,13,14,15). The Morgan fingerprint density at radius 2 is 1.69 bits per heavy atom. The van der Waals surface area contributed by atoms with Gasteiger partial charge in [0.25, 0.3) is 10.1 Å². The fourth-order valence-electron chi connectivity index (χ4n) is 2.57. The summed E-state index contributed by atoms with van der Waals surface area (Å²) in [5.74, 6) is -0.158. The van der Waals surface area contributed by atoms with Gasteiger partial charge in [-0.15, -0.1) is 0 Å².